The summed E-state index contributed by atoms with van der Waals surface area (Å²) in [5.74, 6) is -0.687. The first-order valence-electron chi connectivity index (χ1n) is 3.89. The molecule has 0 atom stereocenters. The first-order chi connectivity index (χ1) is 6.50. The largest absolute Gasteiger partial charge is 0.433 e. The van der Waals surface area contributed by atoms with E-state index in [0.29, 0.717) is 0 Å². The molecule has 0 unspecified atom stereocenters. The van der Waals surface area contributed by atoms with E-state index in [0.717, 1.165) is 12.1 Å². The zero-order chi connectivity index (χ0) is 10.7. The Morgan fingerprint density at radius 1 is 1.64 bits per heavy atom. The van der Waals surface area contributed by atoms with Crippen LogP contribution in [0.1, 0.15) is 0 Å². The summed E-state index contributed by atoms with van der Waals surface area (Å²) in [6.45, 7) is 1.41. The van der Waals surface area contributed by atoms with Gasteiger partial charge in [0.25, 0.3) is 5.69 Å². The summed E-state index contributed by atoms with van der Waals surface area (Å²) in [6.07, 6.45) is 0. The Morgan fingerprint density at radius 3 is 2.79 bits per heavy atom. The number of nitro groups is 1. The van der Waals surface area contributed by atoms with E-state index in [2.05, 4.69) is 5.23 Å². The van der Waals surface area contributed by atoms with E-state index >= 15 is 0 Å². The fourth-order valence-corrected chi connectivity index (χ4v) is 1.00. The van der Waals surface area contributed by atoms with Crippen LogP contribution in [0.5, 0.6) is 0 Å². The molecule has 0 radical (unpaired) electrons. The molecule has 0 saturated carbocycles. The molecule has 74 valence electrons. The fourth-order valence-electron chi connectivity index (χ4n) is 1.00. The zero-order valence-electron chi connectivity index (χ0n) is 7.40. The molecule has 0 aliphatic heterocycles. The smallest absolute Gasteiger partial charge is 0.407 e. The van der Waals surface area contributed by atoms with Crippen LogP contribution in [0, 0.1) is 15.9 Å². The molecular weight excluding hydrogens is 190 g/mol. The summed E-state index contributed by atoms with van der Waals surface area (Å²) < 4.78 is 12.7. The van der Waals surface area contributed by atoms with Gasteiger partial charge in [0.15, 0.2) is 0 Å². The standard InChI is InChI=1S/C7H8BFN2O3/c1-8(12)10-6-3-2-5(9)4-7(6)11(13)14/h2-4,10,12H,1H3. The van der Waals surface area contributed by atoms with Gasteiger partial charge in [-0.1, -0.05) is 0 Å². The van der Waals surface area contributed by atoms with Gasteiger partial charge in [0.1, 0.15) is 11.5 Å². The Bertz CT molecular complexity index is 359. The molecule has 0 aliphatic carbocycles. The molecule has 7 heteroatoms. The van der Waals surface area contributed by atoms with Crippen LogP contribution in [-0.2, 0) is 0 Å². The number of nitro benzene ring substituents is 1. The van der Waals surface area contributed by atoms with Crippen molar-refractivity contribution in [1.29, 1.82) is 0 Å². The van der Waals surface area contributed by atoms with Crippen molar-refractivity contribution in [1.82, 2.24) is 0 Å². The van der Waals surface area contributed by atoms with Crippen molar-refractivity contribution in [3.63, 3.8) is 0 Å². The van der Waals surface area contributed by atoms with Gasteiger partial charge in [-0.25, -0.2) is 4.39 Å². The topological polar surface area (TPSA) is 75.4 Å². The van der Waals surface area contributed by atoms with Crippen LogP contribution in [0.2, 0.25) is 6.82 Å². The molecule has 0 spiro atoms. The molecule has 0 fully saturated rings. The number of nitrogens with one attached hydrogen (secondary N) is 1. The number of rotatable bonds is 3. The van der Waals surface area contributed by atoms with Crippen molar-refractivity contribution in [2.75, 3.05) is 5.23 Å². The van der Waals surface area contributed by atoms with E-state index in [-0.39, 0.29) is 5.69 Å². The summed E-state index contributed by atoms with van der Waals surface area (Å²) in [5, 5.41) is 21.9. The molecular formula is C7H8BFN2O3. The van der Waals surface area contributed by atoms with Gasteiger partial charge in [0.05, 0.1) is 11.0 Å². The monoisotopic (exact) mass is 198 g/mol. The first kappa shape index (κ1) is 10.5. The third-order valence-electron chi connectivity index (χ3n) is 1.52. The van der Waals surface area contributed by atoms with E-state index < -0.39 is 23.5 Å². The molecule has 2 N–H and O–H groups in total. The van der Waals surface area contributed by atoms with Gasteiger partial charge in [0, 0.05) is 0 Å². The first-order valence-corrected chi connectivity index (χ1v) is 3.89. The van der Waals surface area contributed by atoms with Crippen LogP contribution in [0.25, 0.3) is 0 Å². The average molecular weight is 198 g/mol. The van der Waals surface area contributed by atoms with E-state index in [9.17, 15) is 14.5 Å². The second kappa shape index (κ2) is 4.06. The lowest BCUT2D eigenvalue weighted by Crippen LogP contribution is -2.20. The number of hydrogen-bond donors (Lipinski definition) is 2. The van der Waals surface area contributed by atoms with Crippen LogP contribution in [0.15, 0.2) is 18.2 Å². The van der Waals surface area contributed by atoms with Gasteiger partial charge in [-0.3, -0.25) is 10.1 Å². The zero-order valence-corrected chi connectivity index (χ0v) is 7.40. The molecule has 0 bridgehead atoms. The Kier molecular flexibility index (Phi) is 3.03. The van der Waals surface area contributed by atoms with Crippen LogP contribution in [0.3, 0.4) is 0 Å². The highest BCUT2D eigenvalue weighted by atomic mass is 19.1. The lowest BCUT2D eigenvalue weighted by molar-refractivity contribution is -0.384. The molecule has 0 amide bonds. The van der Waals surface area contributed by atoms with Crippen molar-refractivity contribution in [3.8, 4) is 0 Å². The van der Waals surface area contributed by atoms with Crippen molar-refractivity contribution >= 4 is 18.4 Å². The quantitative estimate of drug-likeness (QED) is 0.435. The summed E-state index contributed by atoms with van der Waals surface area (Å²) in [5.41, 5.74) is -0.308. The summed E-state index contributed by atoms with van der Waals surface area (Å²) in [7, 11) is -0.931. The van der Waals surface area contributed by atoms with E-state index in [4.69, 9.17) is 5.02 Å². The maximum absolute atomic E-state index is 12.7. The van der Waals surface area contributed by atoms with Gasteiger partial charge >= 0.3 is 7.05 Å². The lowest BCUT2D eigenvalue weighted by atomic mass is 9.88. The van der Waals surface area contributed by atoms with Crippen molar-refractivity contribution in [3.05, 3.63) is 34.1 Å². The molecule has 0 heterocycles. The molecule has 14 heavy (non-hydrogen) atoms. The van der Waals surface area contributed by atoms with Gasteiger partial charge in [0.2, 0.25) is 0 Å². The highest BCUT2D eigenvalue weighted by Crippen LogP contribution is 2.24. The van der Waals surface area contributed by atoms with Crippen molar-refractivity contribution in [2.45, 2.75) is 6.82 Å². The van der Waals surface area contributed by atoms with Crippen LogP contribution >= 0.6 is 0 Å². The molecule has 5 nitrogen and oxygen atoms in total. The van der Waals surface area contributed by atoms with E-state index in [1.54, 1.807) is 0 Å². The Hall–Kier alpha value is -1.63. The normalized spacial score (nSPS) is 9.64. The van der Waals surface area contributed by atoms with Crippen molar-refractivity contribution in [2.24, 2.45) is 0 Å². The van der Waals surface area contributed by atoms with Gasteiger partial charge in [-0.05, 0) is 19.0 Å². The average Bonchev–Trinajstić information content (AvgIpc) is 2.07. The fraction of sp³-hybridized carbons (Fsp3) is 0.143. The van der Waals surface area contributed by atoms with Crippen LogP contribution < -0.4 is 5.23 Å². The Labute approximate surface area is 79.8 Å². The van der Waals surface area contributed by atoms with Gasteiger partial charge in [-0.15, -0.1) is 0 Å². The molecule has 0 aromatic heterocycles. The number of anilines is 1. The minimum Gasteiger partial charge on any atom is -0.433 e. The summed E-state index contributed by atoms with van der Waals surface area (Å²) in [4.78, 5) is 9.76. The molecule has 0 aliphatic rings. The Morgan fingerprint density at radius 2 is 2.29 bits per heavy atom. The third kappa shape index (κ3) is 2.43. The molecule has 1 aromatic carbocycles. The second-order valence-corrected chi connectivity index (χ2v) is 2.74. The number of hydrogen-bond acceptors (Lipinski definition) is 4. The highest BCUT2D eigenvalue weighted by Gasteiger charge is 2.16. The molecule has 0 saturated heterocycles. The van der Waals surface area contributed by atoms with E-state index in [1.807, 2.05) is 0 Å². The van der Waals surface area contributed by atoms with Crippen LogP contribution in [0.4, 0.5) is 15.8 Å². The third-order valence-corrected chi connectivity index (χ3v) is 1.52. The molecule has 1 rings (SSSR count). The minimum atomic E-state index is -0.931. The minimum absolute atomic E-state index is 0.0893. The lowest BCUT2D eigenvalue weighted by Gasteiger charge is -2.06. The summed E-state index contributed by atoms with van der Waals surface area (Å²) in [6, 6.07) is 3.09. The van der Waals surface area contributed by atoms with Crippen molar-refractivity contribution < 1.29 is 14.3 Å². The predicted octanol–water partition coefficient (Wildman–Crippen LogP) is 1.26. The SMILES string of the molecule is CB(O)Nc1ccc(F)cc1[N+](=O)[O-]. The highest BCUT2D eigenvalue weighted by molar-refractivity contribution is 6.53. The van der Waals surface area contributed by atoms with E-state index in [1.165, 1.54) is 12.9 Å². The van der Waals surface area contributed by atoms with Gasteiger partial charge < -0.3 is 10.3 Å². The molecule has 1 aromatic rings. The Balaban J connectivity index is 3.08. The predicted molar refractivity (Wildman–Crippen MR) is 50.5 cm³/mol. The number of benzene rings is 1. The number of halogens is 1. The maximum atomic E-state index is 12.7. The van der Waals surface area contributed by atoms with Crippen LogP contribution in [-0.4, -0.2) is 17.0 Å². The van der Waals surface area contributed by atoms with Gasteiger partial charge in [-0.2, -0.15) is 0 Å². The maximum Gasteiger partial charge on any atom is 0.407 e. The number of nitrogens with zero attached hydrogens (tertiary/aromatic N) is 1. The summed E-state index contributed by atoms with van der Waals surface area (Å²) >= 11 is 0. The second-order valence-electron chi connectivity index (χ2n) is 2.74.